The summed E-state index contributed by atoms with van der Waals surface area (Å²) in [7, 11) is 1.88. The lowest BCUT2D eigenvalue weighted by Crippen LogP contribution is -2.08. The third kappa shape index (κ3) is 4.17. The summed E-state index contributed by atoms with van der Waals surface area (Å²) in [6, 6.07) is 0. The Balaban J connectivity index is 2.77. The van der Waals surface area contributed by atoms with Gasteiger partial charge in [-0.15, -0.1) is 0 Å². The van der Waals surface area contributed by atoms with Gasteiger partial charge in [0.15, 0.2) is 0 Å². The van der Waals surface area contributed by atoms with Crippen LogP contribution in [0.2, 0.25) is 0 Å². The van der Waals surface area contributed by atoms with Crippen molar-refractivity contribution >= 4 is 5.82 Å². The third-order valence-corrected chi connectivity index (χ3v) is 2.84. The normalized spacial score (nSPS) is 10.4. The van der Waals surface area contributed by atoms with Crippen LogP contribution in [0.4, 0.5) is 5.82 Å². The van der Waals surface area contributed by atoms with Crippen LogP contribution >= 0.6 is 0 Å². The Morgan fingerprint density at radius 1 is 1.11 bits per heavy atom. The van der Waals surface area contributed by atoms with Crippen molar-refractivity contribution in [2.75, 3.05) is 19.0 Å². The predicted octanol–water partition coefficient (Wildman–Crippen LogP) is 3.35. The third-order valence-electron chi connectivity index (χ3n) is 2.84. The van der Waals surface area contributed by atoms with Gasteiger partial charge >= 0.3 is 0 Å². The molecule has 1 N–H and O–H groups in total. The van der Waals surface area contributed by atoms with Crippen LogP contribution in [-0.4, -0.2) is 23.6 Å². The average molecular weight is 251 g/mol. The highest BCUT2D eigenvalue weighted by molar-refractivity contribution is 5.48. The van der Waals surface area contributed by atoms with E-state index < -0.39 is 0 Å². The van der Waals surface area contributed by atoms with Crippen LogP contribution in [0.3, 0.4) is 0 Å². The van der Waals surface area contributed by atoms with E-state index in [0.717, 1.165) is 49.0 Å². The maximum atomic E-state index is 5.78. The Bertz CT molecular complexity index is 366. The summed E-state index contributed by atoms with van der Waals surface area (Å²) < 4.78 is 5.78. The van der Waals surface area contributed by atoms with Gasteiger partial charge in [-0.05, 0) is 19.8 Å². The van der Waals surface area contributed by atoms with E-state index in [9.17, 15) is 0 Å². The summed E-state index contributed by atoms with van der Waals surface area (Å²) in [6.45, 7) is 7.05. The minimum atomic E-state index is 0.730. The van der Waals surface area contributed by atoms with Crippen molar-refractivity contribution in [1.82, 2.24) is 9.97 Å². The number of nitrogens with zero attached hydrogens (tertiary/aromatic N) is 2. The van der Waals surface area contributed by atoms with E-state index in [4.69, 9.17) is 4.74 Å². The Labute approximate surface area is 110 Å². The molecule has 0 aromatic carbocycles. The summed E-state index contributed by atoms with van der Waals surface area (Å²) in [6.07, 6.45) is 5.42. The molecule has 1 rings (SSSR count). The Morgan fingerprint density at radius 3 is 2.50 bits per heavy atom. The van der Waals surface area contributed by atoms with Crippen LogP contribution in [0.15, 0.2) is 0 Å². The van der Waals surface area contributed by atoms with Crippen molar-refractivity contribution in [2.24, 2.45) is 0 Å². The first-order valence-corrected chi connectivity index (χ1v) is 6.90. The minimum absolute atomic E-state index is 0.730. The molecule has 18 heavy (non-hydrogen) atoms. The van der Waals surface area contributed by atoms with Crippen LogP contribution < -0.4 is 10.1 Å². The standard InChI is InChI=1S/C14H25N3O/c1-5-7-8-10-18-14-11(3)13(15-4)16-12(17-14)9-6-2/h5-10H2,1-4H3,(H,15,16,17). The number of hydrogen-bond acceptors (Lipinski definition) is 4. The molecular weight excluding hydrogens is 226 g/mol. The molecule has 4 nitrogen and oxygen atoms in total. The Morgan fingerprint density at radius 2 is 1.89 bits per heavy atom. The molecule has 0 unspecified atom stereocenters. The number of aryl methyl sites for hydroxylation is 1. The van der Waals surface area contributed by atoms with Gasteiger partial charge in [-0.25, -0.2) is 4.98 Å². The van der Waals surface area contributed by atoms with Crippen LogP contribution in [0.1, 0.15) is 50.9 Å². The molecule has 1 heterocycles. The van der Waals surface area contributed by atoms with Crippen molar-refractivity contribution in [3.63, 3.8) is 0 Å². The smallest absolute Gasteiger partial charge is 0.221 e. The zero-order chi connectivity index (χ0) is 13.4. The zero-order valence-electron chi connectivity index (χ0n) is 12.0. The molecule has 0 aliphatic heterocycles. The fourth-order valence-electron chi connectivity index (χ4n) is 1.78. The molecule has 4 heteroatoms. The van der Waals surface area contributed by atoms with Gasteiger partial charge in [-0.3, -0.25) is 0 Å². The van der Waals surface area contributed by atoms with Crippen LogP contribution in [0.25, 0.3) is 0 Å². The van der Waals surface area contributed by atoms with Crippen molar-refractivity contribution in [3.8, 4) is 5.88 Å². The highest BCUT2D eigenvalue weighted by atomic mass is 16.5. The van der Waals surface area contributed by atoms with E-state index in [2.05, 4.69) is 29.1 Å². The molecule has 1 aromatic heterocycles. The van der Waals surface area contributed by atoms with Crippen LogP contribution in [0.5, 0.6) is 5.88 Å². The van der Waals surface area contributed by atoms with Gasteiger partial charge in [0.1, 0.15) is 11.6 Å². The number of unbranched alkanes of at least 4 members (excludes halogenated alkanes) is 2. The van der Waals surface area contributed by atoms with Gasteiger partial charge in [0.25, 0.3) is 0 Å². The monoisotopic (exact) mass is 251 g/mol. The molecule has 0 bridgehead atoms. The molecular formula is C14H25N3O. The van der Waals surface area contributed by atoms with Gasteiger partial charge < -0.3 is 10.1 Å². The van der Waals surface area contributed by atoms with E-state index in [1.54, 1.807) is 0 Å². The molecule has 0 saturated heterocycles. The highest BCUT2D eigenvalue weighted by Crippen LogP contribution is 2.22. The summed E-state index contributed by atoms with van der Waals surface area (Å²) in [5, 5.41) is 3.10. The van der Waals surface area contributed by atoms with Crippen molar-refractivity contribution in [2.45, 2.75) is 52.9 Å². The minimum Gasteiger partial charge on any atom is -0.477 e. The molecule has 1 aromatic rings. The Hall–Kier alpha value is -1.32. The SMILES string of the molecule is CCCCCOc1nc(CCC)nc(NC)c1C. The molecule has 0 aliphatic rings. The zero-order valence-corrected chi connectivity index (χ0v) is 12.0. The largest absolute Gasteiger partial charge is 0.477 e. The van der Waals surface area contributed by atoms with E-state index >= 15 is 0 Å². The van der Waals surface area contributed by atoms with Gasteiger partial charge in [0.05, 0.1) is 12.2 Å². The second-order valence-corrected chi connectivity index (χ2v) is 4.47. The first-order chi connectivity index (χ1) is 8.72. The number of rotatable bonds is 8. The summed E-state index contributed by atoms with van der Waals surface area (Å²) in [5.74, 6) is 2.46. The van der Waals surface area contributed by atoms with Gasteiger partial charge in [0.2, 0.25) is 5.88 Å². The molecule has 0 amide bonds. The van der Waals surface area contributed by atoms with E-state index in [-0.39, 0.29) is 0 Å². The lowest BCUT2D eigenvalue weighted by molar-refractivity contribution is 0.291. The maximum Gasteiger partial charge on any atom is 0.221 e. The fourth-order valence-corrected chi connectivity index (χ4v) is 1.78. The molecule has 102 valence electrons. The quantitative estimate of drug-likeness (QED) is 0.720. The number of aromatic nitrogens is 2. The van der Waals surface area contributed by atoms with Crippen molar-refractivity contribution in [1.29, 1.82) is 0 Å². The first-order valence-electron chi connectivity index (χ1n) is 6.90. The van der Waals surface area contributed by atoms with Gasteiger partial charge in [-0.1, -0.05) is 26.7 Å². The fraction of sp³-hybridized carbons (Fsp3) is 0.714. The van der Waals surface area contributed by atoms with E-state index in [0.29, 0.717) is 0 Å². The van der Waals surface area contributed by atoms with E-state index in [1.807, 2.05) is 14.0 Å². The summed E-state index contributed by atoms with van der Waals surface area (Å²) in [4.78, 5) is 8.98. The van der Waals surface area contributed by atoms with Crippen LogP contribution in [0, 0.1) is 6.92 Å². The van der Waals surface area contributed by atoms with Crippen molar-refractivity contribution in [3.05, 3.63) is 11.4 Å². The molecule has 0 saturated carbocycles. The van der Waals surface area contributed by atoms with Crippen LogP contribution in [-0.2, 0) is 6.42 Å². The predicted molar refractivity (Wildman–Crippen MR) is 75.3 cm³/mol. The average Bonchev–Trinajstić information content (AvgIpc) is 2.38. The topological polar surface area (TPSA) is 47.0 Å². The molecule has 0 spiro atoms. The highest BCUT2D eigenvalue weighted by Gasteiger charge is 2.10. The van der Waals surface area contributed by atoms with E-state index in [1.165, 1.54) is 12.8 Å². The second-order valence-electron chi connectivity index (χ2n) is 4.47. The molecule has 0 atom stereocenters. The van der Waals surface area contributed by atoms with Gasteiger partial charge in [0, 0.05) is 13.5 Å². The Kier molecular flexibility index (Phi) is 6.47. The molecule has 0 fully saturated rings. The lowest BCUT2D eigenvalue weighted by Gasteiger charge is -2.12. The number of ether oxygens (including phenoxy) is 1. The summed E-state index contributed by atoms with van der Waals surface area (Å²) in [5.41, 5.74) is 0.994. The van der Waals surface area contributed by atoms with Gasteiger partial charge in [-0.2, -0.15) is 4.98 Å². The number of anilines is 1. The lowest BCUT2D eigenvalue weighted by atomic mass is 10.2. The number of nitrogens with one attached hydrogen (secondary N) is 1. The number of hydrogen-bond donors (Lipinski definition) is 1. The second kappa shape index (κ2) is 7.90. The molecule has 0 radical (unpaired) electrons. The first kappa shape index (κ1) is 14.7. The maximum absolute atomic E-state index is 5.78. The summed E-state index contributed by atoms with van der Waals surface area (Å²) >= 11 is 0. The molecule has 0 aliphatic carbocycles. The van der Waals surface area contributed by atoms with Crippen molar-refractivity contribution < 1.29 is 4.74 Å².